The van der Waals surface area contributed by atoms with Crippen molar-refractivity contribution in [3.8, 4) is 17.4 Å². The first-order chi connectivity index (χ1) is 15.2. The molecule has 0 bridgehead atoms. The molecule has 1 N–H and O–H groups in total. The van der Waals surface area contributed by atoms with Crippen molar-refractivity contribution < 1.29 is 19.0 Å². The van der Waals surface area contributed by atoms with E-state index in [1.54, 1.807) is 31.5 Å². The number of ether oxygens (including phenoxy) is 3. The van der Waals surface area contributed by atoms with Gasteiger partial charge in [-0.3, -0.25) is 4.79 Å². The second-order valence-electron chi connectivity index (χ2n) is 7.03. The highest BCUT2D eigenvalue weighted by atomic mass is 16.5. The SMILES string of the molecule is CCCCOc1ccc(C(=O)NCc2ccnc(OCc3ccccc3)c2)cc1OC. The Labute approximate surface area is 183 Å². The van der Waals surface area contributed by atoms with Crippen molar-refractivity contribution in [2.75, 3.05) is 13.7 Å². The molecule has 3 aromatic rings. The molecule has 0 saturated carbocycles. The monoisotopic (exact) mass is 420 g/mol. The zero-order valence-electron chi connectivity index (χ0n) is 18.0. The van der Waals surface area contributed by atoms with Crippen LogP contribution < -0.4 is 19.5 Å². The van der Waals surface area contributed by atoms with Crippen LogP contribution in [0.2, 0.25) is 0 Å². The number of methoxy groups -OCH3 is 1. The van der Waals surface area contributed by atoms with Gasteiger partial charge in [0.2, 0.25) is 5.88 Å². The van der Waals surface area contributed by atoms with Gasteiger partial charge in [0.05, 0.1) is 13.7 Å². The molecule has 0 aliphatic heterocycles. The number of carbonyl (C=O) groups excluding carboxylic acids is 1. The van der Waals surface area contributed by atoms with E-state index in [2.05, 4.69) is 17.2 Å². The van der Waals surface area contributed by atoms with E-state index in [1.807, 2.05) is 42.5 Å². The number of benzene rings is 2. The minimum absolute atomic E-state index is 0.193. The third-order valence-corrected chi connectivity index (χ3v) is 4.66. The summed E-state index contributed by atoms with van der Waals surface area (Å²) >= 11 is 0. The fraction of sp³-hybridized carbons (Fsp3) is 0.280. The largest absolute Gasteiger partial charge is 0.493 e. The van der Waals surface area contributed by atoms with Gasteiger partial charge >= 0.3 is 0 Å². The second kappa shape index (κ2) is 11.6. The molecule has 6 nitrogen and oxygen atoms in total. The number of rotatable bonds is 11. The van der Waals surface area contributed by atoms with Gasteiger partial charge < -0.3 is 19.5 Å². The molecule has 0 aliphatic rings. The number of hydrogen-bond acceptors (Lipinski definition) is 5. The Kier molecular flexibility index (Phi) is 8.29. The van der Waals surface area contributed by atoms with Crippen molar-refractivity contribution in [1.82, 2.24) is 10.3 Å². The minimum atomic E-state index is -0.193. The Morgan fingerprint density at radius 1 is 0.968 bits per heavy atom. The first kappa shape index (κ1) is 22.2. The smallest absolute Gasteiger partial charge is 0.251 e. The van der Waals surface area contributed by atoms with E-state index < -0.39 is 0 Å². The highest BCUT2D eigenvalue weighted by Gasteiger charge is 2.11. The highest BCUT2D eigenvalue weighted by Crippen LogP contribution is 2.28. The van der Waals surface area contributed by atoms with Crippen molar-refractivity contribution in [2.24, 2.45) is 0 Å². The molecule has 0 fully saturated rings. The second-order valence-corrected chi connectivity index (χ2v) is 7.03. The highest BCUT2D eigenvalue weighted by molar-refractivity contribution is 5.94. The van der Waals surface area contributed by atoms with E-state index >= 15 is 0 Å². The summed E-state index contributed by atoms with van der Waals surface area (Å²) in [5.41, 5.74) is 2.48. The van der Waals surface area contributed by atoms with Crippen LogP contribution in [0.25, 0.3) is 0 Å². The summed E-state index contributed by atoms with van der Waals surface area (Å²) < 4.78 is 16.9. The van der Waals surface area contributed by atoms with E-state index in [9.17, 15) is 4.79 Å². The standard InChI is InChI=1S/C25H28N2O4/c1-3-4-14-30-22-11-10-21(16-23(22)29-2)25(28)27-17-20-12-13-26-24(15-20)31-18-19-8-6-5-7-9-19/h5-13,15-16H,3-4,14,17-18H2,1-2H3,(H,27,28). The number of pyridine rings is 1. The Morgan fingerprint density at radius 3 is 2.58 bits per heavy atom. The molecule has 0 spiro atoms. The molecule has 2 aromatic carbocycles. The summed E-state index contributed by atoms with van der Waals surface area (Å²) in [6, 6.07) is 18.8. The van der Waals surface area contributed by atoms with E-state index in [0.717, 1.165) is 24.0 Å². The average molecular weight is 421 g/mol. The lowest BCUT2D eigenvalue weighted by atomic mass is 10.1. The molecule has 0 aliphatic carbocycles. The number of hydrogen-bond donors (Lipinski definition) is 1. The molecule has 1 heterocycles. The summed E-state index contributed by atoms with van der Waals surface area (Å²) in [6.07, 6.45) is 3.69. The molecule has 162 valence electrons. The number of nitrogens with zero attached hydrogens (tertiary/aromatic N) is 1. The Morgan fingerprint density at radius 2 is 1.81 bits per heavy atom. The predicted molar refractivity (Wildman–Crippen MR) is 120 cm³/mol. The summed E-state index contributed by atoms with van der Waals surface area (Å²) in [6.45, 7) is 3.53. The Balaban J connectivity index is 1.56. The maximum absolute atomic E-state index is 12.6. The topological polar surface area (TPSA) is 69.7 Å². The van der Waals surface area contributed by atoms with E-state index in [1.165, 1.54) is 0 Å². The number of amides is 1. The lowest BCUT2D eigenvalue weighted by molar-refractivity contribution is 0.0950. The summed E-state index contributed by atoms with van der Waals surface area (Å²) in [7, 11) is 1.57. The molecule has 31 heavy (non-hydrogen) atoms. The normalized spacial score (nSPS) is 10.4. The molecule has 0 atom stereocenters. The van der Waals surface area contributed by atoms with Crippen LogP contribution in [0.4, 0.5) is 0 Å². The van der Waals surface area contributed by atoms with Gasteiger partial charge in [-0.2, -0.15) is 0 Å². The fourth-order valence-electron chi connectivity index (χ4n) is 2.91. The predicted octanol–water partition coefficient (Wildman–Crippen LogP) is 4.78. The maximum Gasteiger partial charge on any atom is 0.251 e. The molecule has 0 saturated heterocycles. The van der Waals surface area contributed by atoms with Crippen molar-refractivity contribution in [3.63, 3.8) is 0 Å². The maximum atomic E-state index is 12.6. The van der Waals surface area contributed by atoms with Crippen LogP contribution in [0.1, 0.15) is 41.3 Å². The number of unbranched alkanes of at least 4 members (excludes halogenated alkanes) is 1. The Bertz CT molecular complexity index is 976. The van der Waals surface area contributed by atoms with Crippen LogP contribution in [-0.4, -0.2) is 24.6 Å². The lowest BCUT2D eigenvalue weighted by Crippen LogP contribution is -2.22. The minimum Gasteiger partial charge on any atom is -0.493 e. The van der Waals surface area contributed by atoms with Gasteiger partial charge in [0, 0.05) is 24.4 Å². The van der Waals surface area contributed by atoms with Gasteiger partial charge in [0.1, 0.15) is 6.61 Å². The molecular weight excluding hydrogens is 392 g/mol. The zero-order valence-corrected chi connectivity index (χ0v) is 18.0. The van der Waals surface area contributed by atoms with Gasteiger partial charge in [0.15, 0.2) is 11.5 Å². The van der Waals surface area contributed by atoms with Crippen LogP contribution in [-0.2, 0) is 13.2 Å². The van der Waals surface area contributed by atoms with Gasteiger partial charge in [0.25, 0.3) is 5.91 Å². The molecule has 1 aromatic heterocycles. The quantitative estimate of drug-likeness (QED) is 0.452. The van der Waals surface area contributed by atoms with Crippen LogP contribution in [0, 0.1) is 0 Å². The van der Waals surface area contributed by atoms with Crippen molar-refractivity contribution >= 4 is 5.91 Å². The first-order valence-corrected chi connectivity index (χ1v) is 10.4. The summed E-state index contributed by atoms with van der Waals surface area (Å²) in [5.74, 6) is 1.51. The zero-order chi connectivity index (χ0) is 21.9. The Hall–Kier alpha value is -3.54. The van der Waals surface area contributed by atoms with Crippen LogP contribution in [0.5, 0.6) is 17.4 Å². The fourth-order valence-corrected chi connectivity index (χ4v) is 2.91. The number of aromatic nitrogens is 1. The molecule has 6 heteroatoms. The van der Waals surface area contributed by atoms with Crippen molar-refractivity contribution in [3.05, 3.63) is 83.6 Å². The molecule has 0 radical (unpaired) electrons. The third-order valence-electron chi connectivity index (χ3n) is 4.66. The van der Waals surface area contributed by atoms with Gasteiger partial charge in [-0.05, 0) is 41.8 Å². The van der Waals surface area contributed by atoms with Gasteiger partial charge in [-0.1, -0.05) is 43.7 Å². The number of carbonyl (C=O) groups is 1. The van der Waals surface area contributed by atoms with Crippen molar-refractivity contribution in [1.29, 1.82) is 0 Å². The summed E-state index contributed by atoms with van der Waals surface area (Å²) in [5, 5.41) is 2.92. The lowest BCUT2D eigenvalue weighted by Gasteiger charge is -2.12. The van der Waals surface area contributed by atoms with Crippen LogP contribution in [0.15, 0.2) is 66.9 Å². The van der Waals surface area contributed by atoms with E-state index in [-0.39, 0.29) is 5.91 Å². The molecule has 0 unspecified atom stereocenters. The third kappa shape index (κ3) is 6.74. The molecule has 1 amide bonds. The van der Waals surface area contributed by atoms with Gasteiger partial charge in [-0.25, -0.2) is 4.98 Å². The molecular formula is C25H28N2O4. The van der Waals surface area contributed by atoms with E-state index in [0.29, 0.717) is 42.7 Å². The number of nitrogens with one attached hydrogen (secondary N) is 1. The van der Waals surface area contributed by atoms with Crippen LogP contribution in [0.3, 0.4) is 0 Å². The van der Waals surface area contributed by atoms with Crippen molar-refractivity contribution in [2.45, 2.75) is 32.9 Å². The average Bonchev–Trinajstić information content (AvgIpc) is 2.82. The summed E-state index contributed by atoms with van der Waals surface area (Å²) in [4.78, 5) is 16.8. The van der Waals surface area contributed by atoms with E-state index in [4.69, 9.17) is 14.2 Å². The molecule has 3 rings (SSSR count). The first-order valence-electron chi connectivity index (χ1n) is 10.4. The van der Waals surface area contributed by atoms with Gasteiger partial charge in [-0.15, -0.1) is 0 Å². The van der Waals surface area contributed by atoms with Crippen LogP contribution >= 0.6 is 0 Å².